The van der Waals surface area contributed by atoms with Gasteiger partial charge in [0.15, 0.2) is 5.96 Å². The Morgan fingerprint density at radius 3 is 2.62 bits per heavy atom. The van der Waals surface area contributed by atoms with Crippen molar-refractivity contribution in [3.8, 4) is 0 Å². The first-order valence-electron chi connectivity index (χ1n) is 9.97. The lowest BCUT2D eigenvalue weighted by molar-refractivity contribution is -0.168. The molecule has 2 atom stereocenters. The monoisotopic (exact) mass is 368 g/mol. The average molecular weight is 369 g/mol. The molecule has 1 spiro atoms. The van der Waals surface area contributed by atoms with Crippen molar-refractivity contribution in [2.45, 2.75) is 58.1 Å². The molecule has 2 aliphatic rings. The second kappa shape index (κ2) is 10.1. The van der Waals surface area contributed by atoms with Gasteiger partial charge in [-0.25, -0.2) is 4.99 Å². The minimum absolute atomic E-state index is 0.000393. The van der Waals surface area contributed by atoms with Gasteiger partial charge in [-0.2, -0.15) is 0 Å². The molecule has 0 aromatic carbocycles. The zero-order chi connectivity index (χ0) is 19.0. The van der Waals surface area contributed by atoms with E-state index >= 15 is 0 Å². The fraction of sp³-hybridized carbons (Fsp3) is 0.895. The zero-order valence-electron chi connectivity index (χ0n) is 16.8. The largest absolute Gasteiger partial charge is 0.382 e. The number of carbonyl (C=O) groups is 1. The quantitative estimate of drug-likeness (QED) is 0.346. The molecule has 0 bridgehead atoms. The zero-order valence-corrected chi connectivity index (χ0v) is 16.8. The second-order valence-corrected chi connectivity index (χ2v) is 7.39. The van der Waals surface area contributed by atoms with E-state index in [0.717, 1.165) is 45.2 Å². The van der Waals surface area contributed by atoms with Gasteiger partial charge in [-0.15, -0.1) is 0 Å². The van der Waals surface area contributed by atoms with Crippen LogP contribution in [0, 0.1) is 5.41 Å². The van der Waals surface area contributed by atoms with Crippen molar-refractivity contribution < 1.29 is 14.3 Å². The molecule has 0 aromatic rings. The molecule has 7 nitrogen and oxygen atoms in total. The van der Waals surface area contributed by atoms with E-state index < -0.39 is 0 Å². The lowest BCUT2D eigenvalue weighted by Crippen LogP contribution is -2.68. The van der Waals surface area contributed by atoms with Crippen molar-refractivity contribution in [1.82, 2.24) is 15.5 Å². The van der Waals surface area contributed by atoms with Crippen molar-refractivity contribution >= 4 is 11.9 Å². The van der Waals surface area contributed by atoms with Gasteiger partial charge in [-0.05, 0) is 39.5 Å². The molecular formula is C19H36N4O3. The summed E-state index contributed by atoms with van der Waals surface area (Å²) in [4.78, 5) is 18.0. The molecule has 0 aliphatic heterocycles. The van der Waals surface area contributed by atoms with Gasteiger partial charge >= 0.3 is 0 Å². The van der Waals surface area contributed by atoms with Crippen LogP contribution in [0.25, 0.3) is 0 Å². The maximum Gasteiger partial charge on any atom is 0.243 e. The van der Waals surface area contributed by atoms with Crippen LogP contribution in [-0.4, -0.2) is 75.9 Å². The summed E-state index contributed by atoms with van der Waals surface area (Å²) in [5.74, 6) is 0.725. The summed E-state index contributed by atoms with van der Waals surface area (Å²) in [7, 11) is 3.50. The molecule has 2 saturated carbocycles. The van der Waals surface area contributed by atoms with Crippen LogP contribution in [0.4, 0.5) is 0 Å². The minimum Gasteiger partial charge on any atom is -0.382 e. The molecule has 0 saturated heterocycles. The van der Waals surface area contributed by atoms with Crippen molar-refractivity contribution in [2.75, 3.05) is 47.0 Å². The Morgan fingerprint density at radius 1 is 1.27 bits per heavy atom. The minimum atomic E-state index is -0.000393. The molecule has 150 valence electrons. The molecule has 2 N–H and O–H groups in total. The predicted molar refractivity (Wildman–Crippen MR) is 103 cm³/mol. The van der Waals surface area contributed by atoms with E-state index in [4.69, 9.17) is 9.47 Å². The fourth-order valence-corrected chi connectivity index (χ4v) is 3.77. The molecule has 2 aliphatic carbocycles. The first kappa shape index (κ1) is 21.0. The van der Waals surface area contributed by atoms with E-state index in [9.17, 15) is 4.79 Å². The van der Waals surface area contributed by atoms with Gasteiger partial charge in [0.25, 0.3) is 0 Å². The summed E-state index contributed by atoms with van der Waals surface area (Å²) in [6.45, 7) is 7.23. The molecule has 2 fully saturated rings. The van der Waals surface area contributed by atoms with Gasteiger partial charge in [0.05, 0.1) is 6.10 Å². The first-order valence-corrected chi connectivity index (χ1v) is 9.97. The summed E-state index contributed by atoms with van der Waals surface area (Å²) in [5, 5.41) is 6.92. The highest BCUT2D eigenvalue weighted by molar-refractivity contribution is 5.85. The third-order valence-corrected chi connectivity index (χ3v) is 5.58. The molecule has 0 radical (unpaired) electrons. The lowest BCUT2D eigenvalue weighted by Gasteiger charge is -2.61. The Bertz CT molecular complexity index is 477. The standard InChI is InChI=1S/C19H36N4O3/c1-5-25-12-8-11-20-18(21-14-17(24)23(3)4)22-15-13-16(26-6-2)19(15)9-7-10-19/h15-16H,5-14H2,1-4H3,(H2,20,21,22). The maximum atomic E-state index is 11.9. The Morgan fingerprint density at radius 2 is 2.04 bits per heavy atom. The van der Waals surface area contributed by atoms with Crippen molar-refractivity contribution in [2.24, 2.45) is 10.4 Å². The van der Waals surface area contributed by atoms with Crippen LogP contribution >= 0.6 is 0 Å². The van der Waals surface area contributed by atoms with E-state index in [0.29, 0.717) is 12.1 Å². The Balaban J connectivity index is 1.90. The van der Waals surface area contributed by atoms with Gasteiger partial charge < -0.3 is 25.0 Å². The normalized spacial score (nSPS) is 23.9. The van der Waals surface area contributed by atoms with E-state index in [1.54, 1.807) is 19.0 Å². The predicted octanol–water partition coefficient (Wildman–Crippen LogP) is 1.38. The van der Waals surface area contributed by atoms with Crippen molar-refractivity contribution in [3.05, 3.63) is 0 Å². The maximum absolute atomic E-state index is 11.9. The second-order valence-electron chi connectivity index (χ2n) is 7.39. The van der Waals surface area contributed by atoms with Crippen LogP contribution in [0.3, 0.4) is 0 Å². The highest BCUT2D eigenvalue weighted by atomic mass is 16.5. The molecule has 0 heterocycles. The van der Waals surface area contributed by atoms with Crippen LogP contribution in [0.15, 0.2) is 4.99 Å². The summed E-state index contributed by atoms with van der Waals surface area (Å²) in [5.41, 5.74) is 0.259. The number of likely N-dealkylation sites (N-methyl/N-ethyl adjacent to an activating group) is 1. The molecular weight excluding hydrogens is 332 g/mol. The average Bonchev–Trinajstić information content (AvgIpc) is 2.55. The summed E-state index contributed by atoms with van der Waals surface area (Å²) >= 11 is 0. The van der Waals surface area contributed by atoms with Gasteiger partial charge in [0.1, 0.15) is 6.54 Å². The van der Waals surface area contributed by atoms with Crippen LogP contribution in [0.5, 0.6) is 0 Å². The van der Waals surface area contributed by atoms with Crippen LogP contribution < -0.4 is 10.6 Å². The lowest BCUT2D eigenvalue weighted by atomic mass is 9.51. The van der Waals surface area contributed by atoms with Gasteiger partial charge in [0.2, 0.25) is 5.91 Å². The molecule has 2 unspecified atom stereocenters. The van der Waals surface area contributed by atoms with Gasteiger partial charge in [0, 0.05) is 51.9 Å². The Labute approximate surface area is 157 Å². The van der Waals surface area contributed by atoms with E-state index in [1.165, 1.54) is 19.3 Å². The summed E-state index contributed by atoms with van der Waals surface area (Å²) in [6, 6.07) is 0.375. The van der Waals surface area contributed by atoms with E-state index in [2.05, 4.69) is 22.5 Å². The SMILES string of the molecule is CCOCCCNC(=NCC(=O)N(C)C)NC1CC(OCC)C12CCC2. The summed E-state index contributed by atoms with van der Waals surface area (Å²) in [6.07, 6.45) is 5.98. The number of hydrogen-bond donors (Lipinski definition) is 2. The molecule has 26 heavy (non-hydrogen) atoms. The fourth-order valence-electron chi connectivity index (χ4n) is 3.77. The van der Waals surface area contributed by atoms with E-state index in [1.807, 2.05) is 6.92 Å². The van der Waals surface area contributed by atoms with Crippen LogP contribution in [-0.2, 0) is 14.3 Å². The van der Waals surface area contributed by atoms with Crippen LogP contribution in [0.1, 0.15) is 46.0 Å². The highest BCUT2D eigenvalue weighted by Gasteiger charge is 2.59. The molecule has 2 rings (SSSR count). The molecule has 7 heteroatoms. The highest BCUT2D eigenvalue weighted by Crippen LogP contribution is 2.57. The number of rotatable bonds is 10. The first-order chi connectivity index (χ1) is 12.5. The van der Waals surface area contributed by atoms with Gasteiger partial charge in [-0.1, -0.05) is 6.42 Å². The Kier molecular flexibility index (Phi) is 8.15. The van der Waals surface area contributed by atoms with Crippen molar-refractivity contribution in [1.29, 1.82) is 0 Å². The number of amides is 1. The third-order valence-electron chi connectivity index (χ3n) is 5.58. The van der Waals surface area contributed by atoms with Crippen molar-refractivity contribution in [3.63, 3.8) is 0 Å². The smallest absolute Gasteiger partial charge is 0.243 e. The summed E-state index contributed by atoms with van der Waals surface area (Å²) < 4.78 is 11.3. The van der Waals surface area contributed by atoms with Crippen LogP contribution in [0.2, 0.25) is 0 Å². The Hall–Kier alpha value is -1.34. The molecule has 1 amide bonds. The topological polar surface area (TPSA) is 75.2 Å². The van der Waals surface area contributed by atoms with E-state index in [-0.39, 0.29) is 17.9 Å². The number of guanidine groups is 1. The third kappa shape index (κ3) is 5.10. The number of nitrogens with zero attached hydrogens (tertiary/aromatic N) is 2. The molecule has 0 aromatic heterocycles. The van der Waals surface area contributed by atoms with Gasteiger partial charge in [-0.3, -0.25) is 4.79 Å². The number of ether oxygens (including phenoxy) is 2. The number of nitrogens with one attached hydrogen (secondary N) is 2. The number of hydrogen-bond acceptors (Lipinski definition) is 4. The number of carbonyl (C=O) groups excluding carboxylic acids is 1. The number of aliphatic imine (C=N–C) groups is 1.